The summed E-state index contributed by atoms with van der Waals surface area (Å²) in [5.74, 6) is -0.460. The van der Waals surface area contributed by atoms with Gasteiger partial charge in [0.1, 0.15) is 11.6 Å². The summed E-state index contributed by atoms with van der Waals surface area (Å²) in [4.78, 5) is 42.5. The Labute approximate surface area is 201 Å². The lowest BCUT2D eigenvalue weighted by atomic mass is 10.0. The zero-order valence-corrected chi connectivity index (χ0v) is 20.5. The summed E-state index contributed by atoms with van der Waals surface area (Å²) in [6, 6.07) is 8.27. The van der Waals surface area contributed by atoms with Crippen LogP contribution in [0.5, 0.6) is 0 Å². The van der Waals surface area contributed by atoms with Gasteiger partial charge in [0.15, 0.2) is 0 Å². The number of nitrogens with zero attached hydrogens (tertiary/aromatic N) is 3. The van der Waals surface area contributed by atoms with Crippen molar-refractivity contribution in [1.82, 2.24) is 15.1 Å². The molecule has 0 spiro atoms. The Morgan fingerprint density at radius 3 is 2.38 bits per heavy atom. The molecule has 34 heavy (non-hydrogen) atoms. The fourth-order valence-electron chi connectivity index (χ4n) is 4.91. The van der Waals surface area contributed by atoms with Crippen LogP contribution in [0.3, 0.4) is 0 Å². The van der Waals surface area contributed by atoms with Crippen molar-refractivity contribution >= 4 is 29.3 Å². The summed E-state index contributed by atoms with van der Waals surface area (Å²) in [6.45, 7) is 11.0. The number of nitrogens with one attached hydrogen (secondary N) is 2. The average Bonchev–Trinajstić information content (AvgIpc) is 2.80. The summed E-state index contributed by atoms with van der Waals surface area (Å²) >= 11 is 0. The Bertz CT molecular complexity index is 899. The lowest BCUT2D eigenvalue weighted by Crippen LogP contribution is -2.54. The molecule has 4 rings (SSSR count). The maximum atomic E-state index is 12.3. The second-order valence-corrected chi connectivity index (χ2v) is 10.4. The minimum Gasteiger partial charge on any atom is -0.444 e. The fraction of sp³-hybridized carbons (Fsp3) is 0.640. The summed E-state index contributed by atoms with van der Waals surface area (Å²) in [7, 11) is 0. The second-order valence-electron chi connectivity index (χ2n) is 10.4. The molecule has 3 amide bonds. The van der Waals surface area contributed by atoms with Gasteiger partial charge in [-0.1, -0.05) is 6.07 Å². The first kappa shape index (κ1) is 24.3. The van der Waals surface area contributed by atoms with Crippen LogP contribution in [0.15, 0.2) is 24.3 Å². The van der Waals surface area contributed by atoms with Gasteiger partial charge in [-0.05, 0) is 58.2 Å². The highest BCUT2D eigenvalue weighted by molar-refractivity contribution is 6.01. The van der Waals surface area contributed by atoms with Crippen LogP contribution in [-0.4, -0.2) is 84.7 Å². The summed E-state index contributed by atoms with van der Waals surface area (Å²) in [5, 5.41) is 5.67. The van der Waals surface area contributed by atoms with Crippen LogP contribution in [0.1, 0.15) is 46.5 Å². The van der Waals surface area contributed by atoms with E-state index in [1.54, 1.807) is 0 Å². The summed E-state index contributed by atoms with van der Waals surface area (Å²) in [6.07, 6.45) is 2.62. The van der Waals surface area contributed by atoms with Crippen molar-refractivity contribution in [1.29, 1.82) is 0 Å². The average molecular weight is 472 g/mol. The van der Waals surface area contributed by atoms with Crippen LogP contribution < -0.4 is 15.5 Å². The molecule has 3 heterocycles. The van der Waals surface area contributed by atoms with Crippen LogP contribution in [-0.2, 0) is 14.3 Å². The van der Waals surface area contributed by atoms with Gasteiger partial charge in [0.05, 0.1) is 0 Å². The molecule has 9 nitrogen and oxygen atoms in total. The molecule has 9 heteroatoms. The molecular formula is C25H37N5O4. The summed E-state index contributed by atoms with van der Waals surface area (Å²) < 4.78 is 5.51. The molecule has 186 valence electrons. The van der Waals surface area contributed by atoms with Crippen LogP contribution in [0.25, 0.3) is 0 Å². The molecule has 3 fully saturated rings. The predicted molar refractivity (Wildman–Crippen MR) is 131 cm³/mol. The molecule has 1 atom stereocenters. The van der Waals surface area contributed by atoms with E-state index < -0.39 is 5.60 Å². The lowest BCUT2D eigenvalue weighted by molar-refractivity contribution is -0.133. The Balaban J connectivity index is 1.25. The molecule has 0 aliphatic carbocycles. The maximum Gasteiger partial charge on any atom is 0.410 e. The lowest BCUT2D eigenvalue weighted by Gasteiger charge is -2.43. The molecule has 1 aromatic carbocycles. The highest BCUT2D eigenvalue weighted by Crippen LogP contribution is 2.25. The third kappa shape index (κ3) is 6.20. The second kappa shape index (κ2) is 10.2. The van der Waals surface area contributed by atoms with Gasteiger partial charge in [0, 0.05) is 63.1 Å². The molecule has 0 saturated carbocycles. The number of piperidine rings is 2. The van der Waals surface area contributed by atoms with E-state index >= 15 is 0 Å². The largest absolute Gasteiger partial charge is 0.444 e. The number of carbonyl (C=O) groups is 3. The molecule has 0 radical (unpaired) electrons. The van der Waals surface area contributed by atoms with Crippen molar-refractivity contribution in [2.24, 2.45) is 0 Å². The molecule has 1 aromatic rings. The standard InChI is InChI=1S/C25H37N5O4/c1-25(2,3)34-24(33)30-11-9-19(10-12-30)28-13-15-29(16-14-28)20-6-4-5-18(17-20)26-21-7-8-22(31)27-23(21)32/h4-6,17,19,21,26H,7-16H2,1-3H3,(H,27,31,32). The summed E-state index contributed by atoms with van der Waals surface area (Å²) in [5.41, 5.74) is 1.57. The molecule has 2 N–H and O–H groups in total. The van der Waals surface area contributed by atoms with Gasteiger partial charge in [0.25, 0.3) is 0 Å². The molecule has 0 aromatic heterocycles. The highest BCUT2D eigenvalue weighted by Gasteiger charge is 2.31. The smallest absolute Gasteiger partial charge is 0.410 e. The van der Waals surface area contributed by atoms with Gasteiger partial charge in [-0.3, -0.25) is 19.8 Å². The van der Waals surface area contributed by atoms with Crippen molar-refractivity contribution in [2.75, 3.05) is 49.5 Å². The molecule has 3 aliphatic rings. The molecule has 1 unspecified atom stereocenters. The van der Waals surface area contributed by atoms with Crippen LogP contribution in [0.4, 0.5) is 16.2 Å². The molecular weight excluding hydrogens is 434 g/mol. The quantitative estimate of drug-likeness (QED) is 0.652. The number of carbonyl (C=O) groups excluding carboxylic acids is 3. The molecule has 0 bridgehead atoms. The van der Waals surface area contributed by atoms with E-state index in [-0.39, 0.29) is 23.9 Å². The number of anilines is 2. The minimum atomic E-state index is -0.459. The van der Waals surface area contributed by atoms with E-state index in [1.807, 2.05) is 37.8 Å². The number of amides is 3. The molecule has 3 saturated heterocycles. The van der Waals surface area contributed by atoms with Crippen LogP contribution in [0, 0.1) is 0 Å². The molecule has 3 aliphatic heterocycles. The first-order valence-corrected chi connectivity index (χ1v) is 12.4. The van der Waals surface area contributed by atoms with Crippen molar-refractivity contribution in [2.45, 2.75) is 64.1 Å². The third-order valence-electron chi connectivity index (χ3n) is 6.74. The number of imide groups is 1. The van der Waals surface area contributed by atoms with Crippen molar-refractivity contribution in [3.05, 3.63) is 24.3 Å². The number of likely N-dealkylation sites (tertiary alicyclic amines) is 1. The van der Waals surface area contributed by atoms with Crippen LogP contribution in [0.2, 0.25) is 0 Å². The fourth-order valence-corrected chi connectivity index (χ4v) is 4.91. The minimum absolute atomic E-state index is 0.204. The van der Waals surface area contributed by atoms with Crippen molar-refractivity contribution in [3.63, 3.8) is 0 Å². The first-order valence-electron chi connectivity index (χ1n) is 12.4. The van der Waals surface area contributed by atoms with Crippen molar-refractivity contribution in [3.8, 4) is 0 Å². The van der Waals surface area contributed by atoms with E-state index in [0.29, 0.717) is 18.9 Å². The Hall–Kier alpha value is -2.81. The van der Waals surface area contributed by atoms with Gasteiger partial charge < -0.3 is 19.9 Å². The van der Waals surface area contributed by atoms with Gasteiger partial charge in [-0.15, -0.1) is 0 Å². The van der Waals surface area contributed by atoms with Gasteiger partial charge in [-0.25, -0.2) is 4.79 Å². The Morgan fingerprint density at radius 2 is 1.74 bits per heavy atom. The number of hydrogen-bond donors (Lipinski definition) is 2. The van der Waals surface area contributed by atoms with E-state index in [0.717, 1.165) is 63.5 Å². The topological polar surface area (TPSA) is 94.2 Å². The SMILES string of the molecule is CC(C)(C)OC(=O)N1CCC(N2CCN(c3cccc(NC4CCC(=O)NC4=O)c3)CC2)CC1. The number of hydrogen-bond acceptors (Lipinski definition) is 7. The normalized spacial score (nSPS) is 23.0. The maximum absolute atomic E-state index is 12.3. The van der Waals surface area contributed by atoms with Crippen molar-refractivity contribution < 1.29 is 19.1 Å². The van der Waals surface area contributed by atoms with Crippen LogP contribution >= 0.6 is 0 Å². The predicted octanol–water partition coefficient (Wildman–Crippen LogP) is 2.43. The number of piperazine rings is 1. The highest BCUT2D eigenvalue weighted by atomic mass is 16.6. The van der Waals surface area contributed by atoms with Gasteiger partial charge >= 0.3 is 6.09 Å². The number of benzene rings is 1. The van der Waals surface area contributed by atoms with E-state index in [4.69, 9.17) is 4.74 Å². The number of rotatable bonds is 4. The number of ether oxygens (including phenoxy) is 1. The Kier molecular flexibility index (Phi) is 7.30. The van der Waals surface area contributed by atoms with Gasteiger partial charge in [-0.2, -0.15) is 0 Å². The zero-order valence-electron chi connectivity index (χ0n) is 20.5. The van der Waals surface area contributed by atoms with E-state index in [9.17, 15) is 14.4 Å². The first-order chi connectivity index (χ1) is 16.2. The van der Waals surface area contributed by atoms with Gasteiger partial charge in [0.2, 0.25) is 11.8 Å². The monoisotopic (exact) mass is 471 g/mol. The van der Waals surface area contributed by atoms with E-state index in [1.165, 1.54) is 0 Å². The van der Waals surface area contributed by atoms with E-state index in [2.05, 4.69) is 32.6 Å². The Morgan fingerprint density at radius 1 is 1.03 bits per heavy atom. The zero-order chi connectivity index (χ0) is 24.3. The third-order valence-corrected chi connectivity index (χ3v) is 6.74.